The highest BCUT2D eigenvalue weighted by Crippen LogP contribution is 2.07. The van der Waals surface area contributed by atoms with Crippen LogP contribution in [0.15, 0.2) is 0 Å². The Morgan fingerprint density at radius 1 is 1.18 bits per heavy atom. The average molecular weight is 246 g/mol. The Balaban J connectivity index is 3.29. The van der Waals surface area contributed by atoms with Crippen molar-refractivity contribution in [3.8, 4) is 0 Å². The number of rotatable bonds is 11. The highest BCUT2D eigenvalue weighted by atomic mass is 16.5. The molecule has 1 atom stereocenters. The molecule has 0 unspecified atom stereocenters. The van der Waals surface area contributed by atoms with Crippen molar-refractivity contribution in [3.63, 3.8) is 0 Å². The van der Waals surface area contributed by atoms with E-state index in [2.05, 4.69) is 6.92 Å². The fourth-order valence-electron chi connectivity index (χ4n) is 1.45. The quantitative estimate of drug-likeness (QED) is 0.449. The van der Waals surface area contributed by atoms with Crippen LogP contribution in [0.5, 0.6) is 0 Å². The minimum atomic E-state index is -0.314. The van der Waals surface area contributed by atoms with Gasteiger partial charge < -0.3 is 14.6 Å². The van der Waals surface area contributed by atoms with Gasteiger partial charge in [-0.05, 0) is 25.7 Å². The van der Waals surface area contributed by atoms with Crippen molar-refractivity contribution in [2.45, 2.75) is 58.0 Å². The maximum Gasteiger partial charge on any atom is 0.305 e. The predicted octanol–water partition coefficient (Wildman–Crippen LogP) is 2.29. The molecule has 0 saturated carbocycles. The number of aliphatic hydroxyl groups is 1. The molecule has 0 aliphatic carbocycles. The molecular weight excluding hydrogens is 220 g/mol. The average Bonchev–Trinajstić information content (AvgIpc) is 2.32. The van der Waals surface area contributed by atoms with Crippen LogP contribution >= 0.6 is 0 Å². The van der Waals surface area contributed by atoms with E-state index >= 15 is 0 Å². The van der Waals surface area contributed by atoms with Crippen molar-refractivity contribution in [1.29, 1.82) is 0 Å². The van der Waals surface area contributed by atoms with Crippen molar-refractivity contribution in [3.05, 3.63) is 0 Å². The third-order valence-corrected chi connectivity index (χ3v) is 2.58. The molecule has 0 amide bonds. The molecule has 0 aliphatic heterocycles. The molecule has 0 fully saturated rings. The van der Waals surface area contributed by atoms with E-state index in [1.54, 1.807) is 7.11 Å². The molecular formula is C13H26O4. The van der Waals surface area contributed by atoms with E-state index in [4.69, 9.17) is 9.47 Å². The maximum atomic E-state index is 11.2. The predicted molar refractivity (Wildman–Crippen MR) is 66.8 cm³/mol. The monoisotopic (exact) mass is 246 g/mol. The molecule has 0 spiro atoms. The van der Waals surface area contributed by atoms with Crippen LogP contribution in [0.4, 0.5) is 0 Å². The van der Waals surface area contributed by atoms with Gasteiger partial charge in [0.2, 0.25) is 0 Å². The maximum absolute atomic E-state index is 11.2. The first-order chi connectivity index (χ1) is 8.20. The molecule has 1 N–H and O–H groups in total. The largest absolute Gasteiger partial charge is 0.466 e. The third-order valence-electron chi connectivity index (χ3n) is 2.58. The number of unbranched alkanes of at least 4 members (excludes halogenated alkanes) is 2. The molecule has 102 valence electrons. The second kappa shape index (κ2) is 11.9. The van der Waals surface area contributed by atoms with Gasteiger partial charge in [-0.3, -0.25) is 4.79 Å². The minimum Gasteiger partial charge on any atom is -0.466 e. The highest BCUT2D eigenvalue weighted by Gasteiger charge is 2.06. The molecule has 0 aromatic heterocycles. The molecule has 0 radical (unpaired) electrons. The van der Waals surface area contributed by atoms with Gasteiger partial charge in [0.25, 0.3) is 0 Å². The van der Waals surface area contributed by atoms with Crippen LogP contribution < -0.4 is 0 Å². The molecule has 4 nitrogen and oxygen atoms in total. The number of ether oxygens (including phenoxy) is 2. The van der Waals surface area contributed by atoms with E-state index in [1.165, 1.54) is 0 Å². The van der Waals surface area contributed by atoms with Crippen LogP contribution in [0, 0.1) is 0 Å². The van der Waals surface area contributed by atoms with Crippen LogP contribution in [0.2, 0.25) is 0 Å². The van der Waals surface area contributed by atoms with Crippen LogP contribution in [-0.2, 0) is 14.3 Å². The van der Waals surface area contributed by atoms with E-state index in [0.29, 0.717) is 26.1 Å². The fraction of sp³-hybridized carbons (Fsp3) is 0.923. The second-order valence-electron chi connectivity index (χ2n) is 4.26. The normalized spacial score (nSPS) is 12.4. The summed E-state index contributed by atoms with van der Waals surface area (Å²) in [6, 6.07) is 0. The summed E-state index contributed by atoms with van der Waals surface area (Å²) >= 11 is 0. The van der Waals surface area contributed by atoms with Gasteiger partial charge in [0.1, 0.15) is 0 Å². The molecule has 0 aromatic rings. The number of carbonyl (C=O) groups excluding carboxylic acids is 1. The fourth-order valence-corrected chi connectivity index (χ4v) is 1.45. The van der Waals surface area contributed by atoms with Crippen LogP contribution in [0.3, 0.4) is 0 Å². The van der Waals surface area contributed by atoms with Crippen molar-refractivity contribution in [2.24, 2.45) is 0 Å². The molecule has 0 aromatic carbocycles. The van der Waals surface area contributed by atoms with Crippen molar-refractivity contribution in [2.75, 3.05) is 20.3 Å². The van der Waals surface area contributed by atoms with Gasteiger partial charge in [-0.2, -0.15) is 0 Å². The van der Waals surface area contributed by atoms with Gasteiger partial charge in [0, 0.05) is 20.1 Å². The summed E-state index contributed by atoms with van der Waals surface area (Å²) in [6.07, 6.45) is 5.15. The minimum absolute atomic E-state index is 0.121. The highest BCUT2D eigenvalue weighted by molar-refractivity contribution is 5.69. The lowest BCUT2D eigenvalue weighted by atomic mass is 10.1. The Bertz CT molecular complexity index is 182. The summed E-state index contributed by atoms with van der Waals surface area (Å²) in [4.78, 5) is 11.2. The lowest BCUT2D eigenvalue weighted by Crippen LogP contribution is -2.10. The first kappa shape index (κ1) is 16.4. The number of hydrogen-bond acceptors (Lipinski definition) is 4. The molecule has 0 heterocycles. The van der Waals surface area contributed by atoms with Gasteiger partial charge in [-0.1, -0.05) is 19.8 Å². The molecule has 0 bridgehead atoms. The van der Waals surface area contributed by atoms with Crippen LogP contribution in [0.25, 0.3) is 0 Å². The summed E-state index contributed by atoms with van der Waals surface area (Å²) in [5, 5.41) is 9.52. The van der Waals surface area contributed by atoms with E-state index in [1.807, 2.05) is 0 Å². The summed E-state index contributed by atoms with van der Waals surface area (Å²) in [6.45, 7) is 3.18. The van der Waals surface area contributed by atoms with Crippen molar-refractivity contribution >= 4 is 5.97 Å². The molecule has 0 rings (SSSR count). The SMILES string of the molecule is CCCCOC(=O)CCCC[C@@H](O)CCOC. The standard InChI is InChI=1S/C13H26O4/c1-3-4-10-17-13(15)8-6-5-7-12(14)9-11-16-2/h12,14H,3-11H2,1-2H3/t12-/m1/s1. The van der Waals surface area contributed by atoms with Gasteiger partial charge in [0.15, 0.2) is 0 Å². The van der Waals surface area contributed by atoms with E-state index < -0.39 is 0 Å². The smallest absolute Gasteiger partial charge is 0.305 e. The topological polar surface area (TPSA) is 55.8 Å². The van der Waals surface area contributed by atoms with Crippen LogP contribution in [-0.4, -0.2) is 37.5 Å². The Hall–Kier alpha value is -0.610. The van der Waals surface area contributed by atoms with Crippen molar-refractivity contribution < 1.29 is 19.4 Å². The Labute approximate surface area is 104 Å². The molecule has 0 saturated heterocycles. The number of aliphatic hydroxyl groups excluding tert-OH is 1. The number of esters is 1. The van der Waals surface area contributed by atoms with E-state index in [0.717, 1.165) is 32.1 Å². The molecule has 0 aliphatic rings. The second-order valence-corrected chi connectivity index (χ2v) is 4.26. The van der Waals surface area contributed by atoms with E-state index in [-0.39, 0.29) is 12.1 Å². The van der Waals surface area contributed by atoms with Crippen LogP contribution in [0.1, 0.15) is 51.9 Å². The first-order valence-corrected chi connectivity index (χ1v) is 6.53. The zero-order valence-electron chi connectivity index (χ0n) is 11.1. The third kappa shape index (κ3) is 11.6. The summed E-state index contributed by atoms with van der Waals surface area (Å²) in [5.41, 5.74) is 0. The van der Waals surface area contributed by atoms with Gasteiger partial charge in [-0.25, -0.2) is 0 Å². The Kier molecular flexibility index (Phi) is 11.4. The Morgan fingerprint density at radius 3 is 2.59 bits per heavy atom. The van der Waals surface area contributed by atoms with Gasteiger partial charge in [0.05, 0.1) is 12.7 Å². The van der Waals surface area contributed by atoms with Gasteiger partial charge in [-0.15, -0.1) is 0 Å². The zero-order valence-corrected chi connectivity index (χ0v) is 11.1. The zero-order chi connectivity index (χ0) is 12.9. The summed E-state index contributed by atoms with van der Waals surface area (Å²) < 4.78 is 9.91. The lowest BCUT2D eigenvalue weighted by Gasteiger charge is -2.09. The summed E-state index contributed by atoms with van der Waals surface area (Å²) in [7, 11) is 1.62. The molecule has 17 heavy (non-hydrogen) atoms. The Morgan fingerprint density at radius 2 is 1.94 bits per heavy atom. The molecule has 4 heteroatoms. The van der Waals surface area contributed by atoms with Crippen molar-refractivity contribution in [1.82, 2.24) is 0 Å². The van der Waals surface area contributed by atoms with Gasteiger partial charge >= 0.3 is 5.97 Å². The summed E-state index contributed by atoms with van der Waals surface area (Å²) in [5.74, 6) is -0.121. The van der Waals surface area contributed by atoms with E-state index in [9.17, 15) is 9.90 Å². The number of carbonyl (C=O) groups is 1. The number of methoxy groups -OCH3 is 1. The number of hydrogen-bond donors (Lipinski definition) is 1. The lowest BCUT2D eigenvalue weighted by molar-refractivity contribution is -0.143. The first-order valence-electron chi connectivity index (χ1n) is 6.53.